The maximum absolute atomic E-state index is 13.0. The summed E-state index contributed by atoms with van der Waals surface area (Å²) in [5.41, 5.74) is -2.40. The normalized spacial score (nSPS) is 25.5. The van der Waals surface area contributed by atoms with Crippen LogP contribution in [-0.2, 0) is 47.9 Å². The van der Waals surface area contributed by atoms with Crippen LogP contribution < -0.4 is 10.6 Å². The number of hydrogen-bond donors (Lipinski definition) is 3. The van der Waals surface area contributed by atoms with Gasteiger partial charge in [-0.25, -0.2) is 9.59 Å². The van der Waals surface area contributed by atoms with Crippen LogP contribution in [0.4, 0.5) is 4.79 Å². The molecule has 17 nitrogen and oxygen atoms in total. The number of ether oxygens (including phenoxy) is 2. The van der Waals surface area contributed by atoms with Crippen molar-refractivity contribution >= 4 is 48.1 Å². The van der Waals surface area contributed by atoms with Crippen molar-refractivity contribution in [2.24, 2.45) is 0 Å². The Morgan fingerprint density at radius 2 is 1.92 bits per heavy atom. The predicted molar refractivity (Wildman–Crippen MR) is 113 cm³/mol. The van der Waals surface area contributed by atoms with Crippen molar-refractivity contribution < 1.29 is 57.8 Å². The summed E-state index contributed by atoms with van der Waals surface area (Å²) in [4.78, 5) is 104. The number of carboxylic acids is 1. The molecular weight excluding hydrogens is 502 g/mol. The van der Waals surface area contributed by atoms with Crippen LogP contribution in [0.25, 0.3) is 0 Å². The molecule has 3 N–H and O–H groups in total. The van der Waals surface area contributed by atoms with E-state index in [1.54, 1.807) is 6.92 Å². The lowest BCUT2D eigenvalue weighted by Gasteiger charge is -2.33. The van der Waals surface area contributed by atoms with Gasteiger partial charge in [0.1, 0.15) is 24.8 Å². The van der Waals surface area contributed by atoms with Gasteiger partial charge in [0.05, 0.1) is 6.42 Å². The summed E-state index contributed by atoms with van der Waals surface area (Å²) in [7, 11) is 0. The molecular formula is C20H25N5O12. The molecule has 1 unspecified atom stereocenters. The second kappa shape index (κ2) is 10.8. The minimum atomic E-state index is -2.40. The van der Waals surface area contributed by atoms with Gasteiger partial charge < -0.3 is 30.1 Å². The smallest absolute Gasteiger partial charge is 0.372 e. The maximum Gasteiger partial charge on any atom is 0.372 e. The van der Waals surface area contributed by atoms with E-state index in [0.717, 1.165) is 0 Å². The Hall–Kier alpha value is -4.28. The molecule has 37 heavy (non-hydrogen) atoms. The average Bonchev–Trinajstić information content (AvgIpc) is 3.42. The Bertz CT molecular complexity index is 1030. The molecule has 17 heteroatoms. The van der Waals surface area contributed by atoms with Gasteiger partial charge in [-0.2, -0.15) is 5.06 Å². The summed E-state index contributed by atoms with van der Waals surface area (Å²) in [5.74, 6) is -6.63. The summed E-state index contributed by atoms with van der Waals surface area (Å²) >= 11 is 0. The standard InChI is InChI=1S/C20H25N5O12/c1-3-23-6-7-24(17(31)16(23)30)19(34)22-13(10(2)35-9-26)14(28)21-11-8-36-25(15(11)29)20(18(32)33)5-4-12(27)37-20/h9-11,13H,3-8H2,1-2H3,(H,21,28)(H,22,34)(H,32,33)/t10-,11-,13+,20?/m0/s1. The van der Waals surface area contributed by atoms with Crippen molar-refractivity contribution in [2.45, 2.75) is 50.6 Å². The number of carbonyl (C=O) groups excluding carboxylic acids is 7. The highest BCUT2D eigenvalue weighted by molar-refractivity contribution is 6.38. The van der Waals surface area contributed by atoms with Crippen LogP contribution in [0.5, 0.6) is 0 Å². The molecule has 0 radical (unpaired) electrons. The van der Waals surface area contributed by atoms with Crippen LogP contribution in [0.15, 0.2) is 0 Å². The van der Waals surface area contributed by atoms with Crippen LogP contribution in [0, 0.1) is 0 Å². The molecule has 0 bridgehead atoms. The van der Waals surface area contributed by atoms with E-state index in [2.05, 4.69) is 10.6 Å². The first kappa shape index (κ1) is 27.3. The Kier molecular flexibility index (Phi) is 7.95. The average molecular weight is 527 g/mol. The van der Waals surface area contributed by atoms with Gasteiger partial charge in [0.25, 0.3) is 12.4 Å². The van der Waals surface area contributed by atoms with Gasteiger partial charge in [-0.3, -0.25) is 38.5 Å². The highest BCUT2D eigenvalue weighted by atomic mass is 16.7. The predicted octanol–water partition coefficient (Wildman–Crippen LogP) is -3.31. The van der Waals surface area contributed by atoms with E-state index in [4.69, 9.17) is 14.3 Å². The third kappa shape index (κ3) is 5.16. The second-order valence-electron chi connectivity index (χ2n) is 8.26. The fourth-order valence-electron chi connectivity index (χ4n) is 3.96. The van der Waals surface area contributed by atoms with Gasteiger partial charge in [-0.15, -0.1) is 0 Å². The largest absolute Gasteiger partial charge is 0.477 e. The molecule has 4 atom stereocenters. The van der Waals surface area contributed by atoms with E-state index in [1.165, 1.54) is 11.8 Å². The van der Waals surface area contributed by atoms with Gasteiger partial charge in [-0.05, 0) is 13.8 Å². The molecule has 0 aromatic heterocycles. The van der Waals surface area contributed by atoms with Crippen LogP contribution in [0.3, 0.4) is 0 Å². The van der Waals surface area contributed by atoms with Gasteiger partial charge in [0, 0.05) is 26.1 Å². The molecule has 0 saturated carbocycles. The topological polar surface area (TPSA) is 218 Å². The Morgan fingerprint density at radius 1 is 1.22 bits per heavy atom. The number of aliphatic carboxylic acids is 1. The van der Waals surface area contributed by atoms with Crippen LogP contribution in [-0.4, -0.2) is 118 Å². The van der Waals surface area contributed by atoms with Crippen molar-refractivity contribution in [3.05, 3.63) is 0 Å². The fraction of sp³-hybridized carbons (Fsp3) is 0.600. The number of amides is 6. The van der Waals surface area contributed by atoms with Crippen molar-refractivity contribution in [3.63, 3.8) is 0 Å². The lowest BCUT2D eigenvalue weighted by Crippen LogP contribution is -2.63. The maximum atomic E-state index is 13.0. The fourth-order valence-corrected chi connectivity index (χ4v) is 3.96. The van der Waals surface area contributed by atoms with E-state index in [0.29, 0.717) is 9.96 Å². The molecule has 3 aliphatic heterocycles. The second-order valence-corrected chi connectivity index (χ2v) is 8.26. The number of carboxylic acid groups (broad SMARTS) is 1. The lowest BCUT2D eigenvalue weighted by atomic mass is 10.1. The molecule has 3 heterocycles. The number of cyclic esters (lactones) is 1. The van der Waals surface area contributed by atoms with E-state index < -0.39 is 72.1 Å². The molecule has 202 valence electrons. The third-order valence-corrected chi connectivity index (χ3v) is 6.03. The minimum absolute atomic E-state index is 0.0163. The van der Waals surface area contributed by atoms with Gasteiger partial charge in [-0.1, -0.05) is 0 Å². The molecule has 0 aliphatic carbocycles. The van der Waals surface area contributed by atoms with Crippen molar-refractivity contribution in [1.29, 1.82) is 0 Å². The first-order valence-corrected chi connectivity index (χ1v) is 11.2. The number of esters is 1. The minimum Gasteiger partial charge on any atom is -0.477 e. The highest BCUT2D eigenvalue weighted by Crippen LogP contribution is 2.34. The number of carbonyl (C=O) groups is 8. The molecule has 0 aromatic rings. The third-order valence-electron chi connectivity index (χ3n) is 6.03. The zero-order valence-corrected chi connectivity index (χ0v) is 19.8. The zero-order chi connectivity index (χ0) is 27.5. The highest BCUT2D eigenvalue weighted by Gasteiger charge is 2.59. The molecule has 0 aromatic carbocycles. The van der Waals surface area contributed by atoms with E-state index in [-0.39, 0.29) is 38.9 Å². The number of imide groups is 1. The Balaban J connectivity index is 1.72. The van der Waals surface area contributed by atoms with Gasteiger partial charge in [0.2, 0.25) is 5.91 Å². The summed E-state index contributed by atoms with van der Waals surface area (Å²) in [6.45, 7) is 2.57. The van der Waals surface area contributed by atoms with E-state index in [9.17, 15) is 43.5 Å². The Morgan fingerprint density at radius 3 is 2.49 bits per heavy atom. The molecule has 3 aliphatic rings. The molecule has 3 saturated heterocycles. The molecule has 3 rings (SSSR count). The number of nitrogens with zero attached hydrogens (tertiary/aromatic N) is 3. The Labute approximate surface area is 208 Å². The van der Waals surface area contributed by atoms with Crippen LogP contribution in [0.2, 0.25) is 0 Å². The van der Waals surface area contributed by atoms with Crippen molar-refractivity contribution in [1.82, 2.24) is 25.5 Å². The number of urea groups is 1. The van der Waals surface area contributed by atoms with Crippen LogP contribution >= 0.6 is 0 Å². The molecule has 3 fully saturated rings. The van der Waals surface area contributed by atoms with Crippen LogP contribution in [0.1, 0.15) is 26.7 Å². The number of likely N-dealkylation sites (N-methyl/N-ethyl adjacent to an activating group) is 1. The zero-order valence-electron chi connectivity index (χ0n) is 19.8. The first-order valence-electron chi connectivity index (χ1n) is 11.2. The number of nitrogens with one attached hydrogen (secondary N) is 2. The van der Waals surface area contributed by atoms with Gasteiger partial charge in [0.15, 0.2) is 0 Å². The van der Waals surface area contributed by atoms with Crippen molar-refractivity contribution in [2.75, 3.05) is 26.2 Å². The molecule has 6 amide bonds. The number of piperazine rings is 1. The summed E-state index contributed by atoms with van der Waals surface area (Å²) in [6, 6.07) is -4.21. The van der Waals surface area contributed by atoms with Gasteiger partial charge >= 0.3 is 35.5 Å². The number of hydroxylamine groups is 2. The number of rotatable bonds is 9. The summed E-state index contributed by atoms with van der Waals surface area (Å²) in [6.07, 6.45) is -1.95. The summed E-state index contributed by atoms with van der Waals surface area (Å²) in [5, 5.41) is 14.4. The number of hydrogen-bond acceptors (Lipinski definition) is 11. The van der Waals surface area contributed by atoms with E-state index in [1.807, 2.05) is 0 Å². The monoisotopic (exact) mass is 527 g/mol. The molecule has 0 spiro atoms. The first-order chi connectivity index (χ1) is 17.5. The van der Waals surface area contributed by atoms with Crippen molar-refractivity contribution in [3.8, 4) is 0 Å². The SMILES string of the molecule is CCN1CCN(C(=O)N[C@@H](C(=O)N[C@H]2CON(C3(C(=O)O)CCC(=O)O3)C2=O)[C@H](C)OC=O)C(=O)C1=O. The lowest BCUT2D eigenvalue weighted by molar-refractivity contribution is -0.256. The van der Waals surface area contributed by atoms with E-state index >= 15 is 0 Å². The summed E-state index contributed by atoms with van der Waals surface area (Å²) < 4.78 is 9.59. The quantitative estimate of drug-likeness (QED) is 0.152.